The summed E-state index contributed by atoms with van der Waals surface area (Å²) in [5, 5.41) is 4.89. The van der Waals surface area contributed by atoms with E-state index < -0.39 is 0 Å². The summed E-state index contributed by atoms with van der Waals surface area (Å²) >= 11 is 11.2. The van der Waals surface area contributed by atoms with E-state index in [1.54, 1.807) is 11.3 Å². The molecule has 3 nitrogen and oxygen atoms in total. The van der Waals surface area contributed by atoms with E-state index in [0.717, 1.165) is 10.2 Å². The van der Waals surface area contributed by atoms with Crippen molar-refractivity contribution >= 4 is 50.5 Å². The van der Waals surface area contributed by atoms with Crippen LogP contribution in [0.4, 0.5) is 5.69 Å². The first kappa shape index (κ1) is 13.0. The smallest absolute Gasteiger partial charge is 0.196 e. The van der Waals surface area contributed by atoms with E-state index in [2.05, 4.69) is 37.7 Å². The maximum Gasteiger partial charge on any atom is 0.196 e. The number of aliphatic imine (C=N–C) groups is 1. The zero-order valence-corrected chi connectivity index (χ0v) is 13.0. The minimum atomic E-state index is 0.166. The highest BCUT2D eigenvalue weighted by Crippen LogP contribution is 2.35. The number of nitrogens with two attached hydrogens (primary N) is 1. The largest absolute Gasteiger partial charge is 0.369 e. The van der Waals surface area contributed by atoms with E-state index in [0.29, 0.717) is 17.5 Å². The molecule has 0 radical (unpaired) electrons. The highest BCUT2D eigenvalue weighted by molar-refractivity contribution is 9.10. The standard InChI is InChI=1S/C13H11BrClN3S/c14-10-5-9(1-2-11(10)15)18-12(6-17-13(18)16)8-3-4-19-7-8/h1-5,7,12H,6H2,(H2,16,17). The van der Waals surface area contributed by atoms with E-state index in [9.17, 15) is 0 Å². The Kier molecular flexibility index (Phi) is 3.52. The molecule has 0 aliphatic carbocycles. The van der Waals surface area contributed by atoms with Crippen LogP contribution >= 0.6 is 38.9 Å². The molecule has 0 saturated carbocycles. The van der Waals surface area contributed by atoms with Crippen molar-refractivity contribution in [1.29, 1.82) is 0 Å². The molecular weight excluding hydrogens is 346 g/mol. The van der Waals surface area contributed by atoms with Crippen molar-refractivity contribution in [1.82, 2.24) is 0 Å². The molecule has 1 atom stereocenters. The monoisotopic (exact) mass is 355 g/mol. The van der Waals surface area contributed by atoms with Gasteiger partial charge in [-0.2, -0.15) is 11.3 Å². The summed E-state index contributed by atoms with van der Waals surface area (Å²) in [5.41, 5.74) is 8.25. The number of thiophene rings is 1. The van der Waals surface area contributed by atoms with Gasteiger partial charge in [-0.15, -0.1) is 0 Å². The summed E-state index contributed by atoms with van der Waals surface area (Å²) in [6, 6.07) is 8.06. The van der Waals surface area contributed by atoms with Crippen molar-refractivity contribution in [3.05, 3.63) is 50.1 Å². The topological polar surface area (TPSA) is 41.6 Å². The summed E-state index contributed by atoms with van der Waals surface area (Å²) < 4.78 is 0.857. The van der Waals surface area contributed by atoms with Crippen LogP contribution in [-0.2, 0) is 0 Å². The van der Waals surface area contributed by atoms with Gasteiger partial charge in [0, 0.05) is 10.2 Å². The van der Waals surface area contributed by atoms with Crippen LogP contribution in [0.25, 0.3) is 0 Å². The number of guanidine groups is 1. The predicted molar refractivity (Wildman–Crippen MR) is 85.2 cm³/mol. The Labute approximate surface area is 128 Å². The highest BCUT2D eigenvalue weighted by Gasteiger charge is 2.29. The first-order chi connectivity index (χ1) is 9.16. The highest BCUT2D eigenvalue weighted by atomic mass is 79.9. The summed E-state index contributed by atoms with van der Waals surface area (Å²) in [4.78, 5) is 6.40. The Balaban J connectivity index is 2.00. The van der Waals surface area contributed by atoms with E-state index >= 15 is 0 Å². The molecule has 2 aromatic rings. The molecule has 0 amide bonds. The van der Waals surface area contributed by atoms with Crippen molar-refractivity contribution in [2.45, 2.75) is 6.04 Å². The number of halogens is 2. The van der Waals surface area contributed by atoms with Crippen LogP contribution in [-0.4, -0.2) is 12.5 Å². The lowest BCUT2D eigenvalue weighted by atomic mass is 10.1. The van der Waals surface area contributed by atoms with Crippen LogP contribution in [0.1, 0.15) is 11.6 Å². The Bertz CT molecular complexity index is 627. The normalized spacial score (nSPS) is 18.7. The lowest BCUT2D eigenvalue weighted by Gasteiger charge is -2.26. The molecule has 3 rings (SSSR count). The van der Waals surface area contributed by atoms with E-state index in [1.165, 1.54) is 5.56 Å². The Morgan fingerprint density at radius 3 is 2.95 bits per heavy atom. The molecule has 0 spiro atoms. The van der Waals surface area contributed by atoms with Crippen molar-refractivity contribution in [2.24, 2.45) is 10.7 Å². The van der Waals surface area contributed by atoms with Crippen molar-refractivity contribution in [3.8, 4) is 0 Å². The lowest BCUT2D eigenvalue weighted by molar-refractivity contribution is 0.772. The number of nitrogens with zero attached hydrogens (tertiary/aromatic N) is 2. The maximum atomic E-state index is 6.03. The zero-order chi connectivity index (χ0) is 13.4. The Morgan fingerprint density at radius 1 is 1.42 bits per heavy atom. The summed E-state index contributed by atoms with van der Waals surface area (Å²) in [6.45, 7) is 0.683. The predicted octanol–water partition coefficient (Wildman–Crippen LogP) is 4.04. The van der Waals surface area contributed by atoms with Gasteiger partial charge in [0.15, 0.2) is 5.96 Å². The molecule has 98 valence electrons. The molecule has 0 bridgehead atoms. The summed E-state index contributed by atoms with van der Waals surface area (Å²) in [7, 11) is 0. The molecule has 0 fully saturated rings. The third-order valence-corrected chi connectivity index (χ3v) is 5.01. The zero-order valence-electron chi connectivity index (χ0n) is 9.88. The van der Waals surface area contributed by atoms with Gasteiger partial charge in [0.1, 0.15) is 0 Å². The van der Waals surface area contributed by atoms with Crippen molar-refractivity contribution < 1.29 is 0 Å². The second kappa shape index (κ2) is 5.15. The first-order valence-electron chi connectivity index (χ1n) is 5.73. The molecule has 6 heteroatoms. The van der Waals surface area contributed by atoms with Crippen LogP contribution in [0.2, 0.25) is 5.02 Å². The summed E-state index contributed by atoms with van der Waals surface area (Å²) in [5.74, 6) is 0.547. The average Bonchev–Trinajstić information content (AvgIpc) is 3.01. The molecule has 1 aliphatic rings. The fourth-order valence-electron chi connectivity index (χ4n) is 2.16. The van der Waals surface area contributed by atoms with E-state index in [-0.39, 0.29) is 6.04 Å². The molecule has 2 N–H and O–H groups in total. The van der Waals surface area contributed by atoms with Gasteiger partial charge in [-0.1, -0.05) is 11.6 Å². The van der Waals surface area contributed by atoms with Gasteiger partial charge >= 0.3 is 0 Å². The number of benzene rings is 1. The number of rotatable bonds is 2. The van der Waals surface area contributed by atoms with Gasteiger partial charge in [0.2, 0.25) is 0 Å². The minimum absolute atomic E-state index is 0.166. The maximum absolute atomic E-state index is 6.03. The third kappa shape index (κ3) is 2.38. The second-order valence-electron chi connectivity index (χ2n) is 4.24. The van der Waals surface area contributed by atoms with Crippen molar-refractivity contribution in [3.63, 3.8) is 0 Å². The quantitative estimate of drug-likeness (QED) is 0.882. The molecule has 0 saturated heterocycles. The van der Waals surface area contributed by atoms with Gasteiger partial charge in [-0.25, -0.2) is 0 Å². The molecule has 1 unspecified atom stereocenters. The van der Waals surface area contributed by atoms with E-state index in [4.69, 9.17) is 17.3 Å². The van der Waals surface area contributed by atoms with Gasteiger partial charge in [0.05, 0.1) is 17.6 Å². The van der Waals surface area contributed by atoms with Crippen molar-refractivity contribution in [2.75, 3.05) is 11.4 Å². The van der Waals surface area contributed by atoms with E-state index in [1.807, 2.05) is 23.1 Å². The van der Waals surface area contributed by atoms with Gasteiger partial charge in [0.25, 0.3) is 0 Å². The van der Waals surface area contributed by atoms with Gasteiger partial charge in [-0.3, -0.25) is 4.99 Å². The van der Waals surface area contributed by atoms with Crippen LogP contribution in [0, 0.1) is 0 Å². The lowest BCUT2D eigenvalue weighted by Crippen LogP contribution is -2.35. The van der Waals surface area contributed by atoms with Crippen LogP contribution < -0.4 is 10.6 Å². The first-order valence-corrected chi connectivity index (χ1v) is 7.84. The number of anilines is 1. The number of hydrogen-bond donors (Lipinski definition) is 1. The van der Waals surface area contributed by atoms with Crippen LogP contribution in [0.5, 0.6) is 0 Å². The van der Waals surface area contributed by atoms with Crippen LogP contribution in [0.3, 0.4) is 0 Å². The molecule has 1 aromatic heterocycles. The van der Waals surface area contributed by atoms with Gasteiger partial charge < -0.3 is 10.6 Å². The molecule has 19 heavy (non-hydrogen) atoms. The second-order valence-corrected chi connectivity index (χ2v) is 6.28. The SMILES string of the molecule is NC1=NCC(c2ccsc2)N1c1ccc(Cl)c(Br)c1. The summed E-state index contributed by atoms with van der Waals surface area (Å²) in [6.07, 6.45) is 0. The minimum Gasteiger partial charge on any atom is -0.369 e. The molecular formula is C13H11BrClN3S. The fraction of sp³-hybridized carbons (Fsp3) is 0.154. The van der Waals surface area contributed by atoms with Gasteiger partial charge in [-0.05, 0) is 56.5 Å². The Morgan fingerprint density at radius 2 is 2.26 bits per heavy atom. The fourth-order valence-corrected chi connectivity index (χ4v) is 3.35. The molecule has 2 heterocycles. The third-order valence-electron chi connectivity index (χ3n) is 3.09. The van der Waals surface area contributed by atoms with Crippen LogP contribution in [0.15, 0.2) is 44.5 Å². The molecule has 1 aliphatic heterocycles. The number of hydrogen-bond acceptors (Lipinski definition) is 4. The Hall–Kier alpha value is -1.04. The molecule has 1 aromatic carbocycles. The average molecular weight is 357 g/mol.